The van der Waals surface area contributed by atoms with Gasteiger partial charge in [0.05, 0.1) is 12.8 Å². The number of thiocarbonyl (C=S) groups is 1. The number of anilines is 1. The molecular weight excluding hydrogens is 340 g/mol. The predicted molar refractivity (Wildman–Crippen MR) is 95.8 cm³/mol. The van der Waals surface area contributed by atoms with E-state index in [0.717, 1.165) is 0 Å². The summed E-state index contributed by atoms with van der Waals surface area (Å²) in [5.74, 6) is 2.32. The van der Waals surface area contributed by atoms with Crippen molar-refractivity contribution < 1.29 is 18.7 Å². The van der Waals surface area contributed by atoms with Crippen LogP contribution < -0.4 is 15.0 Å². The standard InChI is InChI=1S/C18H12N2O4S/c1-3-12-7-8-14(24-12)10-15-16(21)19-18(25)20(17(15)22)11-5-4-6-13(9-11)23-2/h1,4-10H,2H3,(H,19,21,25)/b15-10+. The second-order valence-electron chi connectivity index (χ2n) is 5.01. The third kappa shape index (κ3) is 3.16. The van der Waals surface area contributed by atoms with E-state index in [4.69, 9.17) is 27.8 Å². The third-order valence-electron chi connectivity index (χ3n) is 3.47. The third-order valence-corrected chi connectivity index (χ3v) is 3.75. The van der Waals surface area contributed by atoms with Gasteiger partial charge in [-0.25, -0.2) is 0 Å². The number of terminal acetylenes is 1. The summed E-state index contributed by atoms with van der Waals surface area (Å²) < 4.78 is 10.5. The molecule has 2 amide bonds. The fourth-order valence-electron chi connectivity index (χ4n) is 2.29. The maximum Gasteiger partial charge on any atom is 0.270 e. The Morgan fingerprint density at radius 3 is 2.80 bits per heavy atom. The van der Waals surface area contributed by atoms with Crippen LogP contribution >= 0.6 is 12.2 Å². The van der Waals surface area contributed by atoms with Crippen LogP contribution in [0.3, 0.4) is 0 Å². The Hall–Kier alpha value is -3.37. The molecule has 0 spiro atoms. The van der Waals surface area contributed by atoms with Crippen molar-refractivity contribution in [2.45, 2.75) is 0 Å². The summed E-state index contributed by atoms with van der Waals surface area (Å²) >= 11 is 5.14. The molecule has 124 valence electrons. The molecule has 1 fully saturated rings. The molecule has 1 aromatic heterocycles. The van der Waals surface area contributed by atoms with Crippen molar-refractivity contribution in [3.8, 4) is 18.1 Å². The van der Waals surface area contributed by atoms with Crippen LogP contribution in [0, 0.1) is 12.3 Å². The Morgan fingerprint density at radius 2 is 2.12 bits per heavy atom. The van der Waals surface area contributed by atoms with Gasteiger partial charge in [-0.2, -0.15) is 0 Å². The maximum atomic E-state index is 12.8. The number of rotatable bonds is 3. The molecule has 0 bridgehead atoms. The summed E-state index contributed by atoms with van der Waals surface area (Å²) in [6.07, 6.45) is 6.57. The largest absolute Gasteiger partial charge is 0.497 e. The van der Waals surface area contributed by atoms with Gasteiger partial charge in [0.1, 0.15) is 17.1 Å². The van der Waals surface area contributed by atoms with Gasteiger partial charge in [0.2, 0.25) is 0 Å². The van der Waals surface area contributed by atoms with Gasteiger partial charge in [0.15, 0.2) is 10.9 Å². The van der Waals surface area contributed by atoms with Crippen molar-refractivity contribution in [3.63, 3.8) is 0 Å². The number of nitrogens with zero attached hydrogens (tertiary/aromatic N) is 1. The highest BCUT2D eigenvalue weighted by Gasteiger charge is 2.34. The smallest absolute Gasteiger partial charge is 0.270 e. The lowest BCUT2D eigenvalue weighted by molar-refractivity contribution is -0.122. The molecule has 1 aliphatic rings. The fraction of sp³-hybridized carbons (Fsp3) is 0.0556. The minimum Gasteiger partial charge on any atom is -0.497 e. The molecule has 2 aromatic rings. The van der Waals surface area contributed by atoms with E-state index in [1.807, 2.05) is 0 Å². The Bertz CT molecular complexity index is 952. The van der Waals surface area contributed by atoms with Gasteiger partial charge in [-0.3, -0.25) is 19.8 Å². The van der Waals surface area contributed by atoms with Gasteiger partial charge in [-0.15, -0.1) is 6.42 Å². The van der Waals surface area contributed by atoms with Crippen LogP contribution in [0.4, 0.5) is 5.69 Å². The van der Waals surface area contributed by atoms with Gasteiger partial charge in [-0.1, -0.05) is 6.07 Å². The van der Waals surface area contributed by atoms with Gasteiger partial charge in [-0.05, 0) is 48.5 Å². The van der Waals surface area contributed by atoms with E-state index in [9.17, 15) is 9.59 Å². The minimum atomic E-state index is -0.604. The molecule has 1 saturated heterocycles. The first-order valence-electron chi connectivity index (χ1n) is 7.15. The average molecular weight is 352 g/mol. The Kier molecular flexibility index (Phi) is 4.37. The van der Waals surface area contributed by atoms with Crippen molar-refractivity contribution >= 4 is 40.9 Å². The minimum absolute atomic E-state index is 0.0100. The highest BCUT2D eigenvalue weighted by atomic mass is 32.1. The van der Waals surface area contributed by atoms with Crippen LogP contribution in [-0.4, -0.2) is 24.0 Å². The molecule has 6 nitrogen and oxygen atoms in total. The van der Waals surface area contributed by atoms with E-state index >= 15 is 0 Å². The number of carbonyl (C=O) groups excluding carboxylic acids is 2. The molecule has 3 rings (SSSR count). The number of ether oxygens (including phenoxy) is 1. The van der Waals surface area contributed by atoms with Crippen molar-refractivity contribution in [1.82, 2.24) is 5.32 Å². The van der Waals surface area contributed by atoms with Crippen LogP contribution in [0.1, 0.15) is 11.5 Å². The fourth-order valence-corrected chi connectivity index (χ4v) is 2.57. The first kappa shape index (κ1) is 16.5. The zero-order chi connectivity index (χ0) is 18.0. The highest BCUT2D eigenvalue weighted by molar-refractivity contribution is 7.80. The van der Waals surface area contributed by atoms with Crippen LogP contribution in [0.2, 0.25) is 0 Å². The number of carbonyl (C=O) groups is 2. The molecule has 0 radical (unpaired) electrons. The number of benzene rings is 1. The summed E-state index contributed by atoms with van der Waals surface area (Å²) in [6.45, 7) is 0. The Labute approximate surface area is 149 Å². The van der Waals surface area contributed by atoms with Crippen LogP contribution in [0.25, 0.3) is 6.08 Å². The Morgan fingerprint density at radius 1 is 1.32 bits per heavy atom. The first-order valence-corrected chi connectivity index (χ1v) is 7.56. The van der Waals surface area contributed by atoms with Crippen molar-refractivity contribution in [1.29, 1.82) is 0 Å². The van der Waals surface area contributed by atoms with Crippen LogP contribution in [0.15, 0.2) is 46.4 Å². The lowest BCUT2D eigenvalue weighted by atomic mass is 10.1. The van der Waals surface area contributed by atoms with E-state index in [1.54, 1.807) is 36.4 Å². The van der Waals surface area contributed by atoms with E-state index in [-0.39, 0.29) is 10.7 Å². The van der Waals surface area contributed by atoms with Crippen molar-refractivity contribution in [2.24, 2.45) is 0 Å². The summed E-state index contributed by atoms with van der Waals surface area (Å²) in [6, 6.07) is 9.93. The number of methoxy groups -OCH3 is 1. The van der Waals surface area contributed by atoms with E-state index in [1.165, 1.54) is 18.1 Å². The lowest BCUT2D eigenvalue weighted by Crippen LogP contribution is -2.54. The van der Waals surface area contributed by atoms with E-state index < -0.39 is 11.8 Å². The van der Waals surface area contributed by atoms with Gasteiger partial charge >= 0.3 is 0 Å². The average Bonchev–Trinajstić information content (AvgIpc) is 3.06. The summed E-state index contributed by atoms with van der Waals surface area (Å²) in [5.41, 5.74) is 0.360. The molecule has 2 heterocycles. The molecular formula is C18H12N2O4S. The second kappa shape index (κ2) is 6.63. The van der Waals surface area contributed by atoms with Crippen LogP contribution in [-0.2, 0) is 9.59 Å². The molecule has 7 heteroatoms. The van der Waals surface area contributed by atoms with Crippen LogP contribution in [0.5, 0.6) is 5.75 Å². The zero-order valence-corrected chi connectivity index (χ0v) is 13.9. The molecule has 0 saturated carbocycles. The van der Waals surface area contributed by atoms with E-state index in [2.05, 4.69) is 11.2 Å². The zero-order valence-electron chi connectivity index (χ0n) is 13.1. The van der Waals surface area contributed by atoms with Crippen molar-refractivity contribution in [3.05, 3.63) is 53.5 Å². The predicted octanol–water partition coefficient (Wildman–Crippen LogP) is 2.10. The normalized spacial score (nSPS) is 15.9. The van der Waals surface area contributed by atoms with Gasteiger partial charge < -0.3 is 9.15 Å². The SMILES string of the molecule is C#Cc1ccc(/C=C2\C(=O)NC(=S)N(c3cccc(OC)c3)C2=O)o1. The first-order chi connectivity index (χ1) is 12.0. The summed E-state index contributed by atoms with van der Waals surface area (Å²) in [5, 5.41) is 2.48. The molecule has 1 N–H and O–H groups in total. The van der Waals surface area contributed by atoms with E-state index in [0.29, 0.717) is 23.0 Å². The molecule has 0 unspecified atom stereocenters. The number of furan rings is 1. The van der Waals surface area contributed by atoms with Crippen molar-refractivity contribution in [2.75, 3.05) is 12.0 Å². The topological polar surface area (TPSA) is 71.8 Å². The summed E-state index contributed by atoms with van der Waals surface area (Å²) in [4.78, 5) is 26.2. The van der Waals surface area contributed by atoms with Gasteiger partial charge in [0.25, 0.3) is 11.8 Å². The summed E-state index contributed by atoms with van der Waals surface area (Å²) in [7, 11) is 1.52. The number of hydrogen-bond donors (Lipinski definition) is 1. The number of nitrogens with one attached hydrogen (secondary N) is 1. The number of amides is 2. The molecule has 25 heavy (non-hydrogen) atoms. The molecule has 0 aliphatic carbocycles. The molecule has 1 aromatic carbocycles. The Balaban J connectivity index is 2.00. The molecule has 1 aliphatic heterocycles. The quantitative estimate of drug-likeness (QED) is 0.396. The lowest BCUT2D eigenvalue weighted by Gasteiger charge is -2.28. The highest BCUT2D eigenvalue weighted by Crippen LogP contribution is 2.25. The maximum absolute atomic E-state index is 12.8. The number of hydrogen-bond acceptors (Lipinski definition) is 5. The van der Waals surface area contributed by atoms with Gasteiger partial charge in [0, 0.05) is 6.07 Å². The monoisotopic (exact) mass is 352 g/mol. The second-order valence-corrected chi connectivity index (χ2v) is 5.39. The molecule has 0 atom stereocenters.